The highest BCUT2D eigenvalue weighted by Crippen LogP contribution is 2.28. The molecule has 4 aromatic rings. The van der Waals surface area contributed by atoms with Crippen molar-refractivity contribution < 1.29 is 4.79 Å². The number of nitrogens with zero attached hydrogens (tertiary/aromatic N) is 2. The molecule has 5 nitrogen and oxygen atoms in total. The minimum Gasteiger partial charge on any atom is -0.344 e. The summed E-state index contributed by atoms with van der Waals surface area (Å²) in [6, 6.07) is 21.6. The van der Waals surface area contributed by atoms with Crippen LogP contribution in [0, 0.1) is 0 Å². The Morgan fingerprint density at radius 3 is 2.66 bits per heavy atom. The molecule has 2 aromatic carbocycles. The molecule has 0 fully saturated rings. The van der Waals surface area contributed by atoms with Gasteiger partial charge in [0.15, 0.2) is 5.82 Å². The van der Waals surface area contributed by atoms with Crippen LogP contribution in [0.15, 0.2) is 81.7 Å². The van der Waals surface area contributed by atoms with Crippen molar-refractivity contribution in [1.29, 1.82) is 0 Å². The third kappa shape index (κ3) is 4.95. The molecule has 29 heavy (non-hydrogen) atoms. The number of nitrogens with one attached hydrogen (secondary N) is 2. The lowest BCUT2D eigenvalue weighted by molar-refractivity contribution is -0.119. The third-order valence-electron chi connectivity index (χ3n) is 4.19. The number of hydrogen-bond donors (Lipinski definition) is 2. The standard InChI is InChI=1S/C21H17BrN4OS2/c22-16-10-5-4-9-15(16)20-24-21(26-25-20)29-13-18(27)23-19(17-11-6-12-28-17)14-7-2-1-3-8-14/h1-12,19H,13H2,(H,23,27)(H,24,25,26)/t19-/m0/s1. The average molecular weight is 485 g/mol. The largest absolute Gasteiger partial charge is 0.344 e. The van der Waals surface area contributed by atoms with E-state index in [0.29, 0.717) is 11.0 Å². The Bertz CT molecular complexity index is 1080. The maximum Gasteiger partial charge on any atom is 0.231 e. The van der Waals surface area contributed by atoms with E-state index >= 15 is 0 Å². The Labute approximate surface area is 185 Å². The van der Waals surface area contributed by atoms with Crippen LogP contribution in [-0.2, 0) is 4.79 Å². The maximum atomic E-state index is 12.6. The first kappa shape index (κ1) is 19.9. The molecule has 0 bridgehead atoms. The van der Waals surface area contributed by atoms with Crippen LogP contribution >= 0.6 is 39.0 Å². The topological polar surface area (TPSA) is 70.7 Å². The summed E-state index contributed by atoms with van der Waals surface area (Å²) in [6.07, 6.45) is 0. The SMILES string of the molecule is O=C(CSc1n[nH]c(-c2ccccc2Br)n1)N[C@@H](c1ccccc1)c1cccs1. The second-order valence-corrected chi connectivity index (χ2v) is 8.94. The summed E-state index contributed by atoms with van der Waals surface area (Å²) >= 11 is 6.45. The van der Waals surface area contributed by atoms with Gasteiger partial charge < -0.3 is 5.32 Å². The first-order chi connectivity index (χ1) is 14.2. The van der Waals surface area contributed by atoms with Gasteiger partial charge in [0.1, 0.15) is 0 Å². The van der Waals surface area contributed by atoms with E-state index in [2.05, 4.69) is 36.4 Å². The first-order valence-electron chi connectivity index (χ1n) is 8.88. The number of carbonyl (C=O) groups excluding carboxylic acids is 1. The average Bonchev–Trinajstić information content (AvgIpc) is 3.44. The fraction of sp³-hybridized carbons (Fsp3) is 0.0952. The summed E-state index contributed by atoms with van der Waals surface area (Å²) in [4.78, 5) is 18.2. The Hall–Kier alpha value is -2.42. The van der Waals surface area contributed by atoms with Gasteiger partial charge in [-0.2, -0.15) is 0 Å². The van der Waals surface area contributed by atoms with Gasteiger partial charge in [-0.1, -0.05) is 82.3 Å². The lowest BCUT2D eigenvalue weighted by Crippen LogP contribution is -2.30. The predicted octanol–water partition coefficient (Wildman–Crippen LogP) is 5.29. The second-order valence-electron chi connectivity index (χ2n) is 6.16. The van der Waals surface area contributed by atoms with Crippen LogP contribution in [0.5, 0.6) is 0 Å². The van der Waals surface area contributed by atoms with Gasteiger partial charge in [0.2, 0.25) is 11.1 Å². The highest BCUT2D eigenvalue weighted by Gasteiger charge is 2.18. The number of amides is 1. The number of rotatable bonds is 7. The maximum absolute atomic E-state index is 12.6. The molecule has 0 saturated carbocycles. The molecule has 0 radical (unpaired) electrons. The third-order valence-corrected chi connectivity index (χ3v) is 6.67. The smallest absolute Gasteiger partial charge is 0.231 e. The molecule has 1 amide bonds. The van der Waals surface area contributed by atoms with Gasteiger partial charge in [-0.15, -0.1) is 16.4 Å². The van der Waals surface area contributed by atoms with E-state index in [0.717, 1.165) is 20.5 Å². The molecule has 0 saturated heterocycles. The molecule has 4 rings (SSSR count). The molecule has 0 aliphatic heterocycles. The molecule has 2 N–H and O–H groups in total. The van der Waals surface area contributed by atoms with E-state index in [1.54, 1.807) is 11.3 Å². The Morgan fingerprint density at radius 1 is 1.10 bits per heavy atom. The number of hydrogen-bond acceptors (Lipinski definition) is 5. The van der Waals surface area contributed by atoms with Gasteiger partial charge in [-0.25, -0.2) is 4.98 Å². The molecule has 146 valence electrons. The zero-order chi connectivity index (χ0) is 20.1. The van der Waals surface area contributed by atoms with Crippen molar-refractivity contribution in [2.45, 2.75) is 11.2 Å². The quantitative estimate of drug-likeness (QED) is 0.349. The Kier molecular flexibility index (Phi) is 6.43. The summed E-state index contributed by atoms with van der Waals surface area (Å²) in [5.74, 6) is 0.840. The Morgan fingerprint density at radius 2 is 1.90 bits per heavy atom. The molecule has 0 aliphatic rings. The molecular formula is C21H17BrN4OS2. The number of halogens is 1. The number of thiophene rings is 1. The molecule has 2 aromatic heterocycles. The summed E-state index contributed by atoms with van der Waals surface area (Å²) in [5, 5.41) is 12.8. The normalized spacial score (nSPS) is 11.9. The van der Waals surface area contributed by atoms with E-state index in [4.69, 9.17) is 0 Å². The highest BCUT2D eigenvalue weighted by molar-refractivity contribution is 9.10. The van der Waals surface area contributed by atoms with Gasteiger partial charge in [0, 0.05) is 14.9 Å². The number of thioether (sulfide) groups is 1. The van der Waals surface area contributed by atoms with E-state index in [1.807, 2.05) is 72.1 Å². The fourth-order valence-corrected chi connectivity index (χ4v) is 4.72. The van der Waals surface area contributed by atoms with Gasteiger partial charge in [-0.3, -0.25) is 9.89 Å². The van der Waals surface area contributed by atoms with Crippen molar-refractivity contribution >= 4 is 44.9 Å². The van der Waals surface area contributed by atoms with Crippen LogP contribution in [0.4, 0.5) is 0 Å². The molecule has 8 heteroatoms. The molecule has 0 unspecified atom stereocenters. The van der Waals surface area contributed by atoms with Crippen LogP contribution in [0.1, 0.15) is 16.5 Å². The summed E-state index contributed by atoms with van der Waals surface area (Å²) in [5.41, 5.74) is 1.99. The minimum atomic E-state index is -0.160. The monoisotopic (exact) mass is 484 g/mol. The van der Waals surface area contributed by atoms with Crippen molar-refractivity contribution in [3.8, 4) is 11.4 Å². The first-order valence-corrected chi connectivity index (χ1v) is 11.5. The van der Waals surface area contributed by atoms with Crippen molar-refractivity contribution in [3.63, 3.8) is 0 Å². The van der Waals surface area contributed by atoms with Crippen molar-refractivity contribution in [1.82, 2.24) is 20.5 Å². The molecule has 0 aliphatic carbocycles. The fourth-order valence-electron chi connectivity index (χ4n) is 2.84. The van der Waals surface area contributed by atoms with Gasteiger partial charge in [0.25, 0.3) is 0 Å². The number of H-pyrrole nitrogens is 1. The summed E-state index contributed by atoms with van der Waals surface area (Å²) in [7, 11) is 0. The zero-order valence-electron chi connectivity index (χ0n) is 15.2. The second kappa shape index (κ2) is 9.39. The van der Waals surface area contributed by atoms with E-state index in [9.17, 15) is 4.79 Å². The van der Waals surface area contributed by atoms with E-state index < -0.39 is 0 Å². The lowest BCUT2D eigenvalue weighted by atomic mass is 10.1. The van der Waals surface area contributed by atoms with Crippen LogP contribution in [0.3, 0.4) is 0 Å². The Balaban J connectivity index is 1.41. The van der Waals surface area contributed by atoms with Gasteiger partial charge >= 0.3 is 0 Å². The van der Waals surface area contributed by atoms with Crippen LogP contribution in [-0.4, -0.2) is 26.8 Å². The van der Waals surface area contributed by atoms with Crippen LogP contribution in [0.2, 0.25) is 0 Å². The minimum absolute atomic E-state index is 0.0653. The molecule has 1 atom stereocenters. The van der Waals surface area contributed by atoms with Crippen molar-refractivity contribution in [3.05, 3.63) is 87.0 Å². The number of aromatic amines is 1. The predicted molar refractivity (Wildman–Crippen MR) is 121 cm³/mol. The van der Waals surface area contributed by atoms with Gasteiger partial charge in [0.05, 0.1) is 11.8 Å². The lowest BCUT2D eigenvalue weighted by Gasteiger charge is -2.17. The van der Waals surface area contributed by atoms with Crippen molar-refractivity contribution in [2.24, 2.45) is 0 Å². The zero-order valence-corrected chi connectivity index (χ0v) is 18.4. The summed E-state index contributed by atoms with van der Waals surface area (Å²) in [6.45, 7) is 0. The van der Waals surface area contributed by atoms with E-state index in [1.165, 1.54) is 11.8 Å². The molecule has 0 spiro atoms. The highest BCUT2D eigenvalue weighted by atomic mass is 79.9. The van der Waals surface area contributed by atoms with Crippen molar-refractivity contribution in [2.75, 3.05) is 5.75 Å². The van der Waals surface area contributed by atoms with Crippen LogP contribution < -0.4 is 5.32 Å². The number of carbonyl (C=O) groups is 1. The number of benzene rings is 2. The van der Waals surface area contributed by atoms with Gasteiger partial charge in [-0.05, 0) is 23.1 Å². The molecular weight excluding hydrogens is 468 g/mol. The molecule has 2 heterocycles. The summed E-state index contributed by atoms with van der Waals surface area (Å²) < 4.78 is 0.937. The van der Waals surface area contributed by atoms with E-state index in [-0.39, 0.29) is 17.7 Å². The number of aromatic nitrogens is 3. The van der Waals surface area contributed by atoms with Crippen LogP contribution in [0.25, 0.3) is 11.4 Å².